The van der Waals surface area contributed by atoms with Crippen molar-refractivity contribution in [1.29, 1.82) is 0 Å². The van der Waals surface area contributed by atoms with E-state index in [2.05, 4.69) is 15.0 Å². The fraction of sp³-hybridized carbons (Fsp3) is 0.143. The molecule has 0 saturated heterocycles. The molecule has 4 nitrogen and oxygen atoms in total. The first-order chi connectivity index (χ1) is 10.0. The van der Waals surface area contributed by atoms with Crippen molar-refractivity contribution in [3.05, 3.63) is 60.6 Å². The molecule has 0 aliphatic carbocycles. The summed E-state index contributed by atoms with van der Waals surface area (Å²) in [5.41, 5.74) is 0.330. The third kappa shape index (κ3) is 2.96. The molecule has 3 aromatic rings. The molecule has 1 N–H and O–H groups in total. The van der Waals surface area contributed by atoms with Crippen LogP contribution >= 0.6 is 0 Å². The van der Waals surface area contributed by atoms with Crippen LogP contribution in [0.2, 0.25) is 0 Å². The molecule has 0 fully saturated rings. The Balaban J connectivity index is 1.86. The minimum Gasteiger partial charge on any atom is -0.340 e. The van der Waals surface area contributed by atoms with Gasteiger partial charge in [0, 0.05) is 18.0 Å². The number of nitrogens with zero attached hydrogens (tertiary/aromatic N) is 3. The Kier molecular flexibility index (Phi) is 3.25. The molecular weight excluding hydrogens is 281 g/mol. The first kappa shape index (κ1) is 13.4. The Morgan fingerprint density at radius 2 is 2.10 bits per heavy atom. The molecule has 0 amide bonds. The van der Waals surface area contributed by atoms with Crippen LogP contribution in [0, 0.1) is 0 Å². The van der Waals surface area contributed by atoms with Gasteiger partial charge < -0.3 is 9.55 Å². The quantitative estimate of drug-likeness (QED) is 0.804. The van der Waals surface area contributed by atoms with Gasteiger partial charge in [0.2, 0.25) is 0 Å². The molecule has 108 valence electrons. The van der Waals surface area contributed by atoms with E-state index in [0.29, 0.717) is 23.6 Å². The number of benzene rings is 1. The fourth-order valence-corrected chi connectivity index (χ4v) is 2.01. The minimum absolute atomic E-state index is 0.453. The number of hydrogen-bond acceptors (Lipinski definition) is 2. The maximum atomic E-state index is 12.7. The van der Waals surface area contributed by atoms with Crippen molar-refractivity contribution in [3.63, 3.8) is 0 Å². The van der Waals surface area contributed by atoms with Crippen LogP contribution in [0.1, 0.15) is 11.4 Å². The van der Waals surface area contributed by atoms with Gasteiger partial charge in [0.15, 0.2) is 0 Å². The van der Waals surface area contributed by atoms with E-state index in [0.717, 1.165) is 12.1 Å². The third-order valence-electron chi connectivity index (χ3n) is 3.02. The number of hydrogen-bond donors (Lipinski definition) is 1. The van der Waals surface area contributed by atoms with Gasteiger partial charge in [-0.05, 0) is 12.1 Å². The summed E-state index contributed by atoms with van der Waals surface area (Å²) in [6.07, 6.45) is 2.26. The highest BCUT2D eigenvalue weighted by atomic mass is 19.4. The highest BCUT2D eigenvalue weighted by Gasteiger charge is 2.30. The maximum Gasteiger partial charge on any atom is 0.416 e. The molecule has 2 aromatic heterocycles. The van der Waals surface area contributed by atoms with Gasteiger partial charge in [0.1, 0.15) is 5.82 Å². The number of H-pyrrole nitrogens is 1. The molecule has 0 aliphatic rings. The molecule has 0 spiro atoms. The van der Waals surface area contributed by atoms with E-state index < -0.39 is 11.7 Å². The van der Waals surface area contributed by atoms with Crippen LogP contribution in [-0.2, 0) is 12.7 Å². The number of nitrogens with one attached hydrogen (secondary N) is 1. The number of alkyl halides is 3. The molecule has 7 heteroatoms. The predicted octanol–water partition coefficient (Wildman–Crippen LogP) is 3.34. The van der Waals surface area contributed by atoms with Crippen LogP contribution in [0.25, 0.3) is 11.3 Å². The lowest BCUT2D eigenvalue weighted by atomic mass is 10.1. The summed E-state index contributed by atoms with van der Waals surface area (Å²) in [4.78, 5) is 11.1. The molecule has 0 atom stereocenters. The number of halogens is 3. The second-order valence-electron chi connectivity index (χ2n) is 4.56. The summed E-state index contributed by atoms with van der Waals surface area (Å²) in [6, 6.07) is 5.15. The molecule has 0 bridgehead atoms. The van der Waals surface area contributed by atoms with Gasteiger partial charge in [-0.15, -0.1) is 0 Å². The average Bonchev–Trinajstić information content (AvgIpc) is 3.10. The predicted molar refractivity (Wildman–Crippen MR) is 70.4 cm³/mol. The van der Waals surface area contributed by atoms with Gasteiger partial charge in [0.05, 0.1) is 30.3 Å². The fourth-order valence-electron chi connectivity index (χ4n) is 2.01. The van der Waals surface area contributed by atoms with E-state index in [1.54, 1.807) is 24.8 Å². The zero-order valence-corrected chi connectivity index (χ0v) is 10.8. The molecule has 0 radical (unpaired) electrons. The number of aromatic amines is 1. The van der Waals surface area contributed by atoms with Gasteiger partial charge in [-0.2, -0.15) is 13.2 Å². The van der Waals surface area contributed by atoms with Gasteiger partial charge in [-0.25, -0.2) is 9.97 Å². The average molecular weight is 292 g/mol. The summed E-state index contributed by atoms with van der Waals surface area (Å²) in [6.45, 7) is 0.485. The first-order valence-electron chi connectivity index (χ1n) is 6.19. The SMILES string of the molecule is FC(F)(F)c1cccc(-c2cnc(Cn3ccnc3)[nH]2)c1. The van der Waals surface area contributed by atoms with Crippen molar-refractivity contribution in [2.45, 2.75) is 12.7 Å². The highest BCUT2D eigenvalue weighted by molar-refractivity contribution is 5.59. The van der Waals surface area contributed by atoms with Gasteiger partial charge in [-0.3, -0.25) is 0 Å². The number of rotatable bonds is 3. The smallest absolute Gasteiger partial charge is 0.340 e. The Hall–Kier alpha value is -2.57. The lowest BCUT2D eigenvalue weighted by molar-refractivity contribution is -0.137. The Labute approximate surface area is 118 Å². The lowest BCUT2D eigenvalue weighted by Gasteiger charge is -2.07. The van der Waals surface area contributed by atoms with Crippen molar-refractivity contribution >= 4 is 0 Å². The van der Waals surface area contributed by atoms with Gasteiger partial charge >= 0.3 is 6.18 Å². The zero-order chi connectivity index (χ0) is 14.9. The molecule has 0 saturated carbocycles. The normalized spacial score (nSPS) is 11.8. The first-order valence-corrected chi connectivity index (χ1v) is 6.19. The van der Waals surface area contributed by atoms with Gasteiger partial charge in [-0.1, -0.05) is 12.1 Å². The Bertz CT molecular complexity index is 729. The molecule has 21 heavy (non-hydrogen) atoms. The van der Waals surface area contributed by atoms with Crippen molar-refractivity contribution in [3.8, 4) is 11.3 Å². The molecule has 3 rings (SSSR count). The Morgan fingerprint density at radius 3 is 2.81 bits per heavy atom. The topological polar surface area (TPSA) is 46.5 Å². The van der Waals surface area contributed by atoms with Crippen molar-refractivity contribution in [1.82, 2.24) is 19.5 Å². The second kappa shape index (κ2) is 5.08. The Morgan fingerprint density at radius 1 is 1.24 bits per heavy atom. The molecule has 0 unspecified atom stereocenters. The number of imidazole rings is 2. The summed E-state index contributed by atoms with van der Waals surface area (Å²) in [5.74, 6) is 0.653. The summed E-state index contributed by atoms with van der Waals surface area (Å²) in [5, 5.41) is 0. The van der Waals surface area contributed by atoms with E-state index in [9.17, 15) is 13.2 Å². The van der Waals surface area contributed by atoms with E-state index >= 15 is 0 Å². The van der Waals surface area contributed by atoms with E-state index in [-0.39, 0.29) is 0 Å². The van der Waals surface area contributed by atoms with Crippen LogP contribution in [0.3, 0.4) is 0 Å². The summed E-state index contributed by atoms with van der Waals surface area (Å²) < 4.78 is 39.9. The van der Waals surface area contributed by atoms with Crippen LogP contribution in [0.4, 0.5) is 13.2 Å². The molecular formula is C14H11F3N4. The van der Waals surface area contributed by atoms with Crippen LogP contribution < -0.4 is 0 Å². The van der Waals surface area contributed by atoms with Crippen LogP contribution in [-0.4, -0.2) is 19.5 Å². The van der Waals surface area contributed by atoms with Crippen molar-refractivity contribution in [2.75, 3.05) is 0 Å². The van der Waals surface area contributed by atoms with Gasteiger partial charge in [0.25, 0.3) is 0 Å². The van der Waals surface area contributed by atoms with E-state index in [1.165, 1.54) is 12.3 Å². The van der Waals surface area contributed by atoms with Crippen molar-refractivity contribution < 1.29 is 13.2 Å². The lowest BCUT2D eigenvalue weighted by Crippen LogP contribution is -2.04. The number of aromatic nitrogens is 4. The van der Waals surface area contributed by atoms with Crippen molar-refractivity contribution in [2.24, 2.45) is 0 Å². The summed E-state index contributed by atoms with van der Waals surface area (Å²) >= 11 is 0. The van der Waals surface area contributed by atoms with Crippen LogP contribution in [0.15, 0.2) is 49.2 Å². The zero-order valence-electron chi connectivity index (χ0n) is 10.8. The van der Waals surface area contributed by atoms with E-state index in [4.69, 9.17) is 0 Å². The monoisotopic (exact) mass is 292 g/mol. The molecule has 0 aliphatic heterocycles. The molecule has 2 heterocycles. The minimum atomic E-state index is -4.35. The standard InChI is InChI=1S/C14H11F3N4/c15-14(16,17)11-3-1-2-10(6-11)12-7-19-13(20-12)8-21-5-4-18-9-21/h1-7,9H,8H2,(H,19,20). The van der Waals surface area contributed by atoms with E-state index in [1.807, 2.05) is 4.57 Å². The highest BCUT2D eigenvalue weighted by Crippen LogP contribution is 2.31. The third-order valence-corrected chi connectivity index (χ3v) is 3.02. The van der Waals surface area contributed by atoms with Crippen LogP contribution in [0.5, 0.6) is 0 Å². The molecule has 1 aromatic carbocycles. The second-order valence-corrected chi connectivity index (χ2v) is 4.56. The maximum absolute atomic E-state index is 12.7. The summed E-state index contributed by atoms with van der Waals surface area (Å²) in [7, 11) is 0. The largest absolute Gasteiger partial charge is 0.416 e.